The molecule has 5 nitrogen and oxygen atoms in total. The van der Waals surface area contributed by atoms with E-state index >= 15 is 0 Å². The molecule has 0 unspecified atom stereocenters. The fourth-order valence-corrected chi connectivity index (χ4v) is 0.949. The molecule has 0 aliphatic heterocycles. The molecule has 88 valence electrons. The summed E-state index contributed by atoms with van der Waals surface area (Å²) in [6.07, 6.45) is 1.44. The lowest BCUT2D eigenvalue weighted by molar-refractivity contribution is -0.126. The molecule has 0 radical (unpaired) electrons. The number of amides is 2. The van der Waals surface area contributed by atoms with Crippen molar-refractivity contribution in [1.29, 1.82) is 0 Å². The molecule has 0 aliphatic rings. The summed E-state index contributed by atoms with van der Waals surface area (Å²) in [5.41, 5.74) is 0. The first-order valence-electron chi connectivity index (χ1n) is 5.25. The molecule has 15 heavy (non-hydrogen) atoms. The number of nitrogens with one attached hydrogen (secondary N) is 2. The fraction of sp³-hybridized carbons (Fsp3) is 0.800. The predicted octanol–water partition coefficient (Wildman–Crippen LogP) is 0.0554. The van der Waals surface area contributed by atoms with E-state index in [9.17, 15) is 9.59 Å². The fourth-order valence-electron chi connectivity index (χ4n) is 0.949. The van der Waals surface area contributed by atoms with Crippen LogP contribution in [0.3, 0.4) is 0 Å². The summed E-state index contributed by atoms with van der Waals surface area (Å²) in [6, 6.07) is 0. The Hall–Kier alpha value is -1.10. The first-order valence-corrected chi connectivity index (χ1v) is 5.25. The van der Waals surface area contributed by atoms with Gasteiger partial charge < -0.3 is 15.4 Å². The van der Waals surface area contributed by atoms with Gasteiger partial charge in [-0.25, -0.2) is 0 Å². The highest BCUT2D eigenvalue weighted by Gasteiger charge is 2.04. The number of rotatable bonds is 8. The Morgan fingerprint density at radius 3 is 2.40 bits per heavy atom. The van der Waals surface area contributed by atoms with Gasteiger partial charge in [-0.3, -0.25) is 9.59 Å². The zero-order valence-electron chi connectivity index (χ0n) is 9.47. The summed E-state index contributed by atoms with van der Waals surface area (Å²) in [5, 5.41) is 5.14. The Morgan fingerprint density at radius 2 is 1.80 bits per heavy atom. The summed E-state index contributed by atoms with van der Waals surface area (Å²) >= 11 is 0. The number of carbonyl (C=O) groups is 2. The topological polar surface area (TPSA) is 67.4 Å². The van der Waals surface area contributed by atoms with Crippen LogP contribution in [-0.2, 0) is 14.3 Å². The van der Waals surface area contributed by atoms with Gasteiger partial charge in [-0.05, 0) is 6.42 Å². The van der Waals surface area contributed by atoms with Gasteiger partial charge >= 0.3 is 0 Å². The number of ether oxygens (including phenoxy) is 1. The summed E-state index contributed by atoms with van der Waals surface area (Å²) < 4.78 is 5.19. The summed E-state index contributed by atoms with van der Waals surface area (Å²) in [4.78, 5) is 22.0. The first kappa shape index (κ1) is 13.9. The van der Waals surface area contributed by atoms with Crippen LogP contribution in [0.1, 0.15) is 26.2 Å². The third kappa shape index (κ3) is 9.21. The van der Waals surface area contributed by atoms with Crippen LogP contribution in [0.4, 0.5) is 0 Å². The van der Waals surface area contributed by atoms with Gasteiger partial charge in [0.1, 0.15) is 0 Å². The van der Waals surface area contributed by atoms with E-state index in [-0.39, 0.29) is 24.7 Å². The molecular formula is C10H20N2O3. The number of carbonyl (C=O) groups excluding carboxylic acids is 2. The molecule has 0 rings (SSSR count). The number of hydrogen-bond acceptors (Lipinski definition) is 3. The highest BCUT2D eigenvalue weighted by Crippen LogP contribution is 1.88. The van der Waals surface area contributed by atoms with E-state index in [1.165, 1.54) is 0 Å². The molecule has 2 N–H and O–H groups in total. The van der Waals surface area contributed by atoms with Crippen molar-refractivity contribution in [3.63, 3.8) is 0 Å². The minimum atomic E-state index is -0.118. The van der Waals surface area contributed by atoms with Crippen LogP contribution in [0.15, 0.2) is 0 Å². The summed E-state index contributed by atoms with van der Waals surface area (Å²) in [6.45, 7) is 3.78. The van der Waals surface area contributed by atoms with E-state index in [1.807, 2.05) is 6.92 Å². The average Bonchev–Trinajstić information content (AvgIpc) is 2.25. The van der Waals surface area contributed by atoms with E-state index in [4.69, 9.17) is 4.74 Å². The quantitative estimate of drug-likeness (QED) is 0.564. The zero-order valence-corrected chi connectivity index (χ0v) is 9.47. The number of hydrogen-bond donors (Lipinski definition) is 2. The van der Waals surface area contributed by atoms with Crippen molar-refractivity contribution in [2.24, 2.45) is 0 Å². The van der Waals surface area contributed by atoms with Crippen LogP contribution in [0.5, 0.6) is 0 Å². The molecule has 0 spiro atoms. The van der Waals surface area contributed by atoms with Gasteiger partial charge in [-0.2, -0.15) is 0 Å². The highest BCUT2D eigenvalue weighted by atomic mass is 16.5. The van der Waals surface area contributed by atoms with Gasteiger partial charge in [0, 0.05) is 33.0 Å². The lowest BCUT2D eigenvalue weighted by Crippen LogP contribution is -2.28. The maximum absolute atomic E-state index is 11.1. The van der Waals surface area contributed by atoms with E-state index in [0.29, 0.717) is 19.8 Å². The van der Waals surface area contributed by atoms with Crippen molar-refractivity contribution < 1.29 is 14.3 Å². The van der Waals surface area contributed by atoms with Gasteiger partial charge in [-0.1, -0.05) is 6.92 Å². The zero-order chi connectivity index (χ0) is 11.5. The predicted molar refractivity (Wildman–Crippen MR) is 57.4 cm³/mol. The third-order valence-corrected chi connectivity index (χ3v) is 1.77. The van der Waals surface area contributed by atoms with Crippen molar-refractivity contribution in [3.05, 3.63) is 0 Å². The summed E-state index contributed by atoms with van der Waals surface area (Å²) in [5.74, 6) is -0.230. The molecule has 0 saturated heterocycles. The Balaban J connectivity index is 3.30. The van der Waals surface area contributed by atoms with Crippen molar-refractivity contribution >= 4 is 11.8 Å². The van der Waals surface area contributed by atoms with E-state index in [1.54, 1.807) is 7.05 Å². The SMILES string of the molecule is CCCOCCNC(=O)CCC(=O)NC. The highest BCUT2D eigenvalue weighted by molar-refractivity contribution is 5.83. The van der Waals surface area contributed by atoms with E-state index in [0.717, 1.165) is 6.42 Å². The van der Waals surface area contributed by atoms with Gasteiger partial charge in [0.15, 0.2) is 0 Å². The second kappa shape index (κ2) is 9.45. The average molecular weight is 216 g/mol. The van der Waals surface area contributed by atoms with Crippen LogP contribution in [-0.4, -0.2) is 38.6 Å². The normalized spacial score (nSPS) is 9.73. The Labute approximate surface area is 90.6 Å². The van der Waals surface area contributed by atoms with Crippen molar-refractivity contribution in [1.82, 2.24) is 10.6 Å². The van der Waals surface area contributed by atoms with Crippen molar-refractivity contribution in [3.8, 4) is 0 Å². The Morgan fingerprint density at radius 1 is 1.13 bits per heavy atom. The molecule has 0 bridgehead atoms. The third-order valence-electron chi connectivity index (χ3n) is 1.77. The maximum Gasteiger partial charge on any atom is 0.220 e. The molecule has 0 aromatic rings. The summed E-state index contributed by atoms with van der Waals surface area (Å²) in [7, 11) is 1.55. The van der Waals surface area contributed by atoms with Crippen LogP contribution < -0.4 is 10.6 Å². The maximum atomic E-state index is 11.1. The van der Waals surface area contributed by atoms with Gasteiger partial charge in [0.05, 0.1) is 6.61 Å². The van der Waals surface area contributed by atoms with Gasteiger partial charge in [0.25, 0.3) is 0 Å². The molecule has 0 aromatic heterocycles. The van der Waals surface area contributed by atoms with Crippen molar-refractivity contribution in [2.45, 2.75) is 26.2 Å². The molecule has 0 heterocycles. The lowest BCUT2D eigenvalue weighted by Gasteiger charge is -2.05. The second-order valence-corrected chi connectivity index (χ2v) is 3.14. The molecule has 5 heteroatoms. The molecule has 2 amide bonds. The van der Waals surface area contributed by atoms with Crippen LogP contribution in [0.2, 0.25) is 0 Å². The monoisotopic (exact) mass is 216 g/mol. The van der Waals surface area contributed by atoms with Crippen LogP contribution >= 0.6 is 0 Å². The molecule has 0 fully saturated rings. The van der Waals surface area contributed by atoms with Gasteiger partial charge in [0.2, 0.25) is 11.8 Å². The van der Waals surface area contributed by atoms with Crippen LogP contribution in [0.25, 0.3) is 0 Å². The molecule has 0 aromatic carbocycles. The van der Waals surface area contributed by atoms with E-state index in [2.05, 4.69) is 10.6 Å². The standard InChI is InChI=1S/C10H20N2O3/c1-3-7-15-8-6-12-10(14)5-4-9(13)11-2/h3-8H2,1-2H3,(H,11,13)(H,12,14). The van der Waals surface area contributed by atoms with Crippen molar-refractivity contribution in [2.75, 3.05) is 26.8 Å². The van der Waals surface area contributed by atoms with E-state index < -0.39 is 0 Å². The Kier molecular flexibility index (Phi) is 8.76. The molecule has 0 aliphatic carbocycles. The smallest absolute Gasteiger partial charge is 0.220 e. The first-order chi connectivity index (χ1) is 7.20. The second-order valence-electron chi connectivity index (χ2n) is 3.14. The molecule has 0 atom stereocenters. The molecule has 0 saturated carbocycles. The van der Waals surface area contributed by atoms with Gasteiger partial charge in [-0.15, -0.1) is 0 Å². The molecular weight excluding hydrogens is 196 g/mol. The lowest BCUT2D eigenvalue weighted by atomic mass is 10.3. The Bertz CT molecular complexity index is 195. The minimum absolute atomic E-state index is 0.112. The van der Waals surface area contributed by atoms with Crippen LogP contribution in [0, 0.1) is 0 Å². The minimum Gasteiger partial charge on any atom is -0.380 e. The largest absolute Gasteiger partial charge is 0.380 e.